The van der Waals surface area contributed by atoms with Crippen molar-refractivity contribution in [3.05, 3.63) is 72.6 Å². The van der Waals surface area contributed by atoms with Crippen LogP contribution < -0.4 is 9.47 Å². The molecule has 168 valence electrons. The Bertz CT molecular complexity index is 1230. The first-order chi connectivity index (χ1) is 16.3. The second-order valence-electron chi connectivity index (χ2n) is 8.22. The van der Waals surface area contributed by atoms with E-state index in [-0.39, 0.29) is 0 Å². The first-order valence-electron chi connectivity index (χ1n) is 11.3. The molecule has 4 heterocycles. The fraction of sp³-hybridized carbons (Fsp3) is 0.269. The van der Waals surface area contributed by atoms with Crippen LogP contribution in [0.15, 0.2) is 71.5 Å². The Morgan fingerprint density at radius 3 is 2.39 bits per heavy atom. The zero-order chi connectivity index (χ0) is 22.0. The third-order valence-electron chi connectivity index (χ3n) is 6.05. The fourth-order valence-corrected chi connectivity index (χ4v) is 4.31. The van der Waals surface area contributed by atoms with Crippen LogP contribution in [-0.4, -0.2) is 54.2 Å². The molecular formula is C26H25N3O4. The van der Waals surface area contributed by atoms with Crippen molar-refractivity contribution in [2.75, 3.05) is 39.5 Å². The zero-order valence-electron chi connectivity index (χ0n) is 18.3. The number of ether oxygens (including phenoxy) is 3. The van der Waals surface area contributed by atoms with E-state index in [9.17, 15) is 0 Å². The summed E-state index contributed by atoms with van der Waals surface area (Å²) in [5.74, 6) is 2.38. The standard InChI is InChI=1S/C26H25N3O4/c1-2-24(31-11-1)26-21(17-28-9-12-30-13-10-28)18-29(27-26)22-6-3-19(4-7-22)20-5-8-23-25(16-20)33-15-14-32-23/h1-8,11,16,18H,9-10,12-15,17H2. The maximum atomic E-state index is 5.73. The summed E-state index contributed by atoms with van der Waals surface area (Å²) in [6, 6.07) is 18.3. The molecule has 4 aromatic rings. The molecule has 2 aromatic heterocycles. The van der Waals surface area contributed by atoms with Gasteiger partial charge < -0.3 is 18.6 Å². The predicted octanol–water partition coefficient (Wildman–Crippen LogP) is 4.40. The van der Waals surface area contributed by atoms with Crippen molar-refractivity contribution in [3.8, 4) is 39.8 Å². The van der Waals surface area contributed by atoms with Gasteiger partial charge in [-0.1, -0.05) is 18.2 Å². The van der Waals surface area contributed by atoms with E-state index in [0.717, 1.165) is 78.2 Å². The molecular weight excluding hydrogens is 418 g/mol. The van der Waals surface area contributed by atoms with Crippen LogP contribution in [0.2, 0.25) is 0 Å². The molecule has 33 heavy (non-hydrogen) atoms. The summed E-state index contributed by atoms with van der Waals surface area (Å²) >= 11 is 0. The molecule has 2 aromatic carbocycles. The van der Waals surface area contributed by atoms with E-state index in [1.807, 2.05) is 28.9 Å². The average Bonchev–Trinajstić information content (AvgIpc) is 3.55. The monoisotopic (exact) mass is 443 g/mol. The number of aromatic nitrogens is 2. The SMILES string of the molecule is c1coc(-c2nn(-c3ccc(-c4ccc5c(c4)OCCO5)cc3)cc2CN2CCOCC2)c1. The van der Waals surface area contributed by atoms with Gasteiger partial charge in [0.15, 0.2) is 17.3 Å². The largest absolute Gasteiger partial charge is 0.486 e. The van der Waals surface area contributed by atoms with E-state index in [1.54, 1.807) is 6.26 Å². The highest BCUT2D eigenvalue weighted by molar-refractivity contribution is 5.68. The second kappa shape index (κ2) is 8.77. The lowest BCUT2D eigenvalue weighted by Gasteiger charge is -2.26. The van der Waals surface area contributed by atoms with Gasteiger partial charge in [0.05, 0.1) is 25.2 Å². The van der Waals surface area contributed by atoms with Crippen LogP contribution in [0.5, 0.6) is 11.5 Å². The van der Waals surface area contributed by atoms with Gasteiger partial charge in [-0.15, -0.1) is 0 Å². The fourth-order valence-electron chi connectivity index (χ4n) is 4.31. The van der Waals surface area contributed by atoms with Gasteiger partial charge in [-0.3, -0.25) is 4.90 Å². The number of morpholine rings is 1. The molecule has 0 bridgehead atoms. The van der Waals surface area contributed by atoms with Crippen molar-refractivity contribution in [2.45, 2.75) is 6.54 Å². The lowest BCUT2D eigenvalue weighted by Crippen LogP contribution is -2.35. The van der Waals surface area contributed by atoms with Gasteiger partial charge >= 0.3 is 0 Å². The van der Waals surface area contributed by atoms with Crippen LogP contribution in [0.1, 0.15) is 5.56 Å². The van der Waals surface area contributed by atoms with Gasteiger partial charge in [0.25, 0.3) is 0 Å². The number of rotatable bonds is 5. The Kier molecular flexibility index (Phi) is 5.34. The van der Waals surface area contributed by atoms with Crippen LogP contribution in [0.3, 0.4) is 0 Å². The molecule has 1 saturated heterocycles. The Morgan fingerprint density at radius 1 is 0.818 bits per heavy atom. The highest BCUT2D eigenvalue weighted by atomic mass is 16.6. The van der Waals surface area contributed by atoms with Crippen molar-refractivity contribution in [2.24, 2.45) is 0 Å². The minimum atomic E-state index is 0.583. The van der Waals surface area contributed by atoms with Crippen molar-refractivity contribution in [3.63, 3.8) is 0 Å². The average molecular weight is 444 g/mol. The Labute approximate surface area is 192 Å². The van der Waals surface area contributed by atoms with Crippen molar-refractivity contribution >= 4 is 0 Å². The minimum absolute atomic E-state index is 0.583. The molecule has 0 unspecified atom stereocenters. The van der Waals surface area contributed by atoms with E-state index >= 15 is 0 Å². The smallest absolute Gasteiger partial charge is 0.161 e. The molecule has 6 rings (SSSR count). The van der Waals surface area contributed by atoms with Crippen LogP contribution in [0.4, 0.5) is 0 Å². The lowest BCUT2D eigenvalue weighted by atomic mass is 10.0. The van der Waals surface area contributed by atoms with Gasteiger partial charge in [0, 0.05) is 31.4 Å². The molecule has 2 aliphatic rings. The molecule has 0 N–H and O–H groups in total. The zero-order valence-corrected chi connectivity index (χ0v) is 18.3. The minimum Gasteiger partial charge on any atom is -0.486 e. The second-order valence-corrected chi connectivity index (χ2v) is 8.22. The molecule has 1 fully saturated rings. The molecule has 7 heteroatoms. The maximum absolute atomic E-state index is 5.73. The van der Waals surface area contributed by atoms with Gasteiger partial charge in [-0.05, 0) is 47.5 Å². The van der Waals surface area contributed by atoms with Crippen molar-refractivity contribution < 1.29 is 18.6 Å². The Balaban J connectivity index is 1.29. The van der Waals surface area contributed by atoms with E-state index in [0.29, 0.717) is 13.2 Å². The highest BCUT2D eigenvalue weighted by Gasteiger charge is 2.19. The molecule has 0 amide bonds. The molecule has 0 saturated carbocycles. The number of nitrogens with zero attached hydrogens (tertiary/aromatic N) is 3. The first-order valence-corrected chi connectivity index (χ1v) is 11.3. The number of benzene rings is 2. The molecule has 0 radical (unpaired) electrons. The molecule has 0 aliphatic carbocycles. The van der Waals surface area contributed by atoms with Crippen LogP contribution in [0.25, 0.3) is 28.3 Å². The molecule has 2 aliphatic heterocycles. The van der Waals surface area contributed by atoms with Crippen LogP contribution in [-0.2, 0) is 11.3 Å². The van der Waals surface area contributed by atoms with E-state index in [4.69, 9.17) is 23.7 Å². The Morgan fingerprint density at radius 2 is 1.61 bits per heavy atom. The third kappa shape index (κ3) is 4.13. The van der Waals surface area contributed by atoms with Gasteiger partial charge in [0.2, 0.25) is 0 Å². The number of fused-ring (bicyclic) bond motifs is 1. The maximum Gasteiger partial charge on any atom is 0.161 e. The van der Waals surface area contributed by atoms with Crippen LogP contribution >= 0.6 is 0 Å². The predicted molar refractivity (Wildman–Crippen MR) is 124 cm³/mol. The highest BCUT2D eigenvalue weighted by Crippen LogP contribution is 2.35. The van der Waals surface area contributed by atoms with E-state index in [2.05, 4.69) is 41.4 Å². The van der Waals surface area contributed by atoms with E-state index < -0.39 is 0 Å². The Hall–Kier alpha value is -3.55. The third-order valence-corrected chi connectivity index (χ3v) is 6.05. The summed E-state index contributed by atoms with van der Waals surface area (Å²) in [6.07, 6.45) is 3.79. The normalized spacial score (nSPS) is 16.1. The van der Waals surface area contributed by atoms with Gasteiger partial charge in [0.1, 0.15) is 18.9 Å². The molecule has 7 nitrogen and oxygen atoms in total. The molecule has 0 atom stereocenters. The topological polar surface area (TPSA) is 61.9 Å². The number of hydrogen-bond donors (Lipinski definition) is 0. The van der Waals surface area contributed by atoms with Gasteiger partial charge in [-0.2, -0.15) is 5.10 Å². The number of furan rings is 1. The van der Waals surface area contributed by atoms with Crippen molar-refractivity contribution in [1.82, 2.24) is 14.7 Å². The van der Waals surface area contributed by atoms with Crippen molar-refractivity contribution in [1.29, 1.82) is 0 Å². The van der Waals surface area contributed by atoms with E-state index in [1.165, 1.54) is 0 Å². The summed E-state index contributed by atoms with van der Waals surface area (Å²) in [6.45, 7) is 5.38. The van der Waals surface area contributed by atoms with Gasteiger partial charge in [-0.25, -0.2) is 4.68 Å². The summed E-state index contributed by atoms with van der Waals surface area (Å²) in [4.78, 5) is 2.39. The quantitative estimate of drug-likeness (QED) is 0.456. The summed E-state index contributed by atoms with van der Waals surface area (Å²) in [5.41, 5.74) is 5.22. The number of hydrogen-bond acceptors (Lipinski definition) is 6. The molecule has 0 spiro atoms. The summed E-state index contributed by atoms with van der Waals surface area (Å²) in [5, 5.41) is 4.88. The first kappa shape index (κ1) is 20.1. The summed E-state index contributed by atoms with van der Waals surface area (Å²) in [7, 11) is 0. The van der Waals surface area contributed by atoms with Crippen LogP contribution in [0, 0.1) is 0 Å². The summed E-state index contributed by atoms with van der Waals surface area (Å²) < 4.78 is 24.5. The lowest BCUT2D eigenvalue weighted by molar-refractivity contribution is 0.0342.